The van der Waals surface area contributed by atoms with Crippen molar-refractivity contribution < 1.29 is 19.1 Å². The summed E-state index contributed by atoms with van der Waals surface area (Å²) in [5, 5.41) is 3.02. The molecular weight excluding hydrogens is 370 g/mol. The molecule has 1 spiro atoms. The highest BCUT2D eigenvalue weighted by Gasteiger charge is 2.51. The van der Waals surface area contributed by atoms with Crippen LogP contribution in [0.1, 0.15) is 63.0 Å². The van der Waals surface area contributed by atoms with Crippen molar-refractivity contribution in [3.05, 3.63) is 23.8 Å². The molecule has 4 aliphatic rings. The number of rotatable bonds is 3. The molecule has 1 aromatic rings. The molecule has 0 bridgehead atoms. The van der Waals surface area contributed by atoms with Gasteiger partial charge in [-0.3, -0.25) is 9.69 Å². The van der Waals surface area contributed by atoms with Gasteiger partial charge in [-0.1, -0.05) is 25.3 Å². The quantitative estimate of drug-likeness (QED) is 0.791. The number of fused-ring (bicyclic) bond motifs is 1. The highest BCUT2D eigenvalue weighted by Crippen LogP contribution is 2.39. The summed E-state index contributed by atoms with van der Waals surface area (Å²) in [4.78, 5) is 29.5. The molecule has 1 atom stereocenters. The van der Waals surface area contributed by atoms with Crippen LogP contribution in [0.25, 0.3) is 0 Å². The standard InChI is InChI=1S/C22H29N3O4/c26-20-22(9-2-1-3-10-22)23-21(27)25(20)15-24-11-4-6-17(24)16-7-8-18-19(14-16)29-13-5-12-28-18/h7-8,14,17H,1-6,9-13,15H2,(H,23,27). The van der Waals surface area contributed by atoms with Crippen LogP contribution in [0.4, 0.5) is 4.79 Å². The van der Waals surface area contributed by atoms with Gasteiger partial charge >= 0.3 is 6.03 Å². The Morgan fingerprint density at radius 3 is 2.62 bits per heavy atom. The number of carbonyl (C=O) groups excluding carboxylic acids is 2. The fraction of sp³-hybridized carbons (Fsp3) is 0.636. The predicted molar refractivity (Wildman–Crippen MR) is 107 cm³/mol. The molecule has 5 rings (SSSR count). The van der Waals surface area contributed by atoms with Gasteiger partial charge in [0, 0.05) is 19.0 Å². The number of ether oxygens (including phenoxy) is 2. The van der Waals surface area contributed by atoms with Crippen LogP contribution < -0.4 is 14.8 Å². The summed E-state index contributed by atoms with van der Waals surface area (Å²) in [7, 11) is 0. The molecule has 0 aromatic heterocycles. The number of nitrogens with zero attached hydrogens (tertiary/aromatic N) is 2. The highest BCUT2D eigenvalue weighted by molar-refractivity contribution is 6.07. The number of likely N-dealkylation sites (tertiary alicyclic amines) is 1. The SMILES string of the molecule is O=C1NC2(CCCCC2)C(=O)N1CN1CCCC1c1ccc2c(c1)OCCCO2. The molecule has 7 nitrogen and oxygen atoms in total. The minimum absolute atomic E-state index is 0.0356. The summed E-state index contributed by atoms with van der Waals surface area (Å²) >= 11 is 0. The number of imide groups is 1. The first kappa shape index (κ1) is 18.7. The second-order valence-corrected chi connectivity index (χ2v) is 8.67. The van der Waals surface area contributed by atoms with E-state index in [1.807, 2.05) is 6.07 Å². The third kappa shape index (κ3) is 3.35. The number of hydrogen-bond acceptors (Lipinski definition) is 5. The van der Waals surface area contributed by atoms with E-state index in [1.54, 1.807) is 0 Å². The van der Waals surface area contributed by atoms with Crippen LogP contribution in [0.5, 0.6) is 11.5 Å². The number of hydrogen-bond donors (Lipinski definition) is 1. The van der Waals surface area contributed by atoms with Crippen molar-refractivity contribution >= 4 is 11.9 Å². The van der Waals surface area contributed by atoms with Gasteiger partial charge in [0.25, 0.3) is 5.91 Å². The van der Waals surface area contributed by atoms with Crippen molar-refractivity contribution in [3.63, 3.8) is 0 Å². The van der Waals surface area contributed by atoms with E-state index in [2.05, 4.69) is 22.3 Å². The molecule has 3 heterocycles. The molecule has 156 valence electrons. The third-order valence-electron chi connectivity index (χ3n) is 6.80. The number of nitrogens with one attached hydrogen (secondary N) is 1. The smallest absolute Gasteiger partial charge is 0.326 e. The third-order valence-corrected chi connectivity index (χ3v) is 6.80. The lowest BCUT2D eigenvalue weighted by Gasteiger charge is -2.32. The first-order chi connectivity index (χ1) is 14.2. The van der Waals surface area contributed by atoms with E-state index >= 15 is 0 Å². The van der Waals surface area contributed by atoms with Crippen molar-refractivity contribution in [1.29, 1.82) is 0 Å². The van der Waals surface area contributed by atoms with Crippen molar-refractivity contribution in [2.45, 2.75) is 62.9 Å². The van der Waals surface area contributed by atoms with Gasteiger partial charge in [-0.05, 0) is 43.4 Å². The molecule has 29 heavy (non-hydrogen) atoms. The zero-order chi connectivity index (χ0) is 19.8. The lowest BCUT2D eigenvalue weighted by atomic mass is 9.82. The van der Waals surface area contributed by atoms with Gasteiger partial charge < -0.3 is 14.8 Å². The molecule has 1 saturated carbocycles. The first-order valence-electron chi connectivity index (χ1n) is 10.9. The second-order valence-electron chi connectivity index (χ2n) is 8.67. The van der Waals surface area contributed by atoms with E-state index < -0.39 is 5.54 Å². The molecule has 7 heteroatoms. The van der Waals surface area contributed by atoms with Gasteiger partial charge in [-0.15, -0.1) is 0 Å². The zero-order valence-electron chi connectivity index (χ0n) is 16.8. The van der Waals surface area contributed by atoms with Gasteiger partial charge in [0.15, 0.2) is 11.5 Å². The molecule has 3 aliphatic heterocycles. The topological polar surface area (TPSA) is 71.1 Å². The molecule has 1 aromatic carbocycles. The minimum atomic E-state index is -0.653. The van der Waals surface area contributed by atoms with E-state index in [0.29, 0.717) is 19.9 Å². The van der Waals surface area contributed by atoms with Crippen LogP contribution in [-0.2, 0) is 4.79 Å². The van der Waals surface area contributed by atoms with E-state index in [1.165, 1.54) is 4.90 Å². The van der Waals surface area contributed by atoms with Gasteiger partial charge in [0.1, 0.15) is 5.54 Å². The van der Waals surface area contributed by atoms with Crippen LogP contribution >= 0.6 is 0 Å². The molecule has 3 fully saturated rings. The Hall–Kier alpha value is -2.28. The van der Waals surface area contributed by atoms with Crippen molar-refractivity contribution in [1.82, 2.24) is 15.1 Å². The lowest BCUT2D eigenvalue weighted by molar-refractivity contribution is -0.134. The number of carbonyl (C=O) groups is 2. The Morgan fingerprint density at radius 2 is 1.79 bits per heavy atom. The largest absolute Gasteiger partial charge is 0.490 e. The fourth-order valence-electron chi connectivity index (χ4n) is 5.24. The Balaban J connectivity index is 1.33. The van der Waals surface area contributed by atoms with Gasteiger partial charge in [-0.25, -0.2) is 9.69 Å². The van der Waals surface area contributed by atoms with Gasteiger partial charge in [0.2, 0.25) is 0 Å². The highest BCUT2D eigenvalue weighted by atomic mass is 16.5. The molecule has 1 unspecified atom stereocenters. The summed E-state index contributed by atoms with van der Waals surface area (Å²) in [6.07, 6.45) is 7.62. The van der Waals surface area contributed by atoms with E-state index in [4.69, 9.17) is 9.47 Å². The maximum absolute atomic E-state index is 13.1. The normalized spacial score (nSPS) is 26.6. The van der Waals surface area contributed by atoms with Crippen LogP contribution in [0.2, 0.25) is 0 Å². The van der Waals surface area contributed by atoms with Crippen LogP contribution in [-0.4, -0.2) is 53.7 Å². The molecule has 2 saturated heterocycles. The summed E-state index contributed by atoms with van der Waals surface area (Å²) in [6, 6.07) is 6.08. The van der Waals surface area contributed by atoms with Crippen molar-refractivity contribution in [2.75, 3.05) is 26.4 Å². The summed E-state index contributed by atoms with van der Waals surface area (Å²) in [5.74, 6) is 1.55. The zero-order valence-corrected chi connectivity index (χ0v) is 16.8. The number of benzene rings is 1. The van der Waals surface area contributed by atoms with Gasteiger partial charge in [0.05, 0.1) is 19.9 Å². The Kier molecular flexibility index (Phi) is 4.86. The number of amides is 3. The van der Waals surface area contributed by atoms with Gasteiger partial charge in [-0.2, -0.15) is 0 Å². The maximum atomic E-state index is 13.1. The monoisotopic (exact) mass is 399 g/mol. The van der Waals surface area contributed by atoms with Crippen LogP contribution in [0.15, 0.2) is 18.2 Å². The predicted octanol–water partition coefficient (Wildman–Crippen LogP) is 3.20. The summed E-state index contributed by atoms with van der Waals surface area (Å²) < 4.78 is 11.6. The van der Waals surface area contributed by atoms with Crippen LogP contribution in [0, 0.1) is 0 Å². The molecule has 1 N–H and O–H groups in total. The summed E-state index contributed by atoms with van der Waals surface area (Å²) in [5.41, 5.74) is 0.506. The maximum Gasteiger partial charge on any atom is 0.326 e. The Bertz CT molecular complexity index is 805. The molecule has 0 radical (unpaired) electrons. The van der Waals surface area contributed by atoms with Crippen LogP contribution in [0.3, 0.4) is 0 Å². The average molecular weight is 399 g/mol. The summed E-state index contributed by atoms with van der Waals surface area (Å²) in [6.45, 7) is 2.57. The first-order valence-corrected chi connectivity index (χ1v) is 10.9. The van der Waals surface area contributed by atoms with Crippen molar-refractivity contribution in [3.8, 4) is 11.5 Å². The molecular formula is C22H29N3O4. The molecule has 1 aliphatic carbocycles. The number of urea groups is 1. The lowest BCUT2D eigenvalue weighted by Crippen LogP contribution is -2.49. The average Bonchev–Trinajstić information content (AvgIpc) is 3.17. The second kappa shape index (κ2) is 7.52. The molecule has 3 amide bonds. The Labute approximate surface area is 171 Å². The van der Waals surface area contributed by atoms with E-state index in [9.17, 15) is 9.59 Å². The van der Waals surface area contributed by atoms with E-state index in [-0.39, 0.29) is 18.0 Å². The Morgan fingerprint density at radius 1 is 1.00 bits per heavy atom. The van der Waals surface area contributed by atoms with Crippen molar-refractivity contribution in [2.24, 2.45) is 0 Å². The van der Waals surface area contributed by atoms with E-state index in [0.717, 1.165) is 75.0 Å². The fourth-order valence-corrected chi connectivity index (χ4v) is 5.24. The minimum Gasteiger partial charge on any atom is -0.490 e.